The van der Waals surface area contributed by atoms with Crippen molar-refractivity contribution < 1.29 is 5.11 Å². The van der Waals surface area contributed by atoms with E-state index >= 15 is 0 Å². The highest BCUT2D eigenvalue weighted by molar-refractivity contribution is 7.80. The highest BCUT2D eigenvalue weighted by atomic mass is 35.5. The molecule has 0 aliphatic heterocycles. The lowest BCUT2D eigenvalue weighted by atomic mass is 10.2. The highest BCUT2D eigenvalue weighted by Crippen LogP contribution is 2.29. The van der Waals surface area contributed by atoms with E-state index in [1.807, 2.05) is 51.4 Å². The maximum atomic E-state index is 9.04. The zero-order valence-corrected chi connectivity index (χ0v) is 19.5. The van der Waals surface area contributed by atoms with E-state index in [2.05, 4.69) is 16.0 Å². The minimum absolute atomic E-state index is 0.199. The average molecular weight is 453 g/mol. The van der Waals surface area contributed by atoms with E-state index in [1.54, 1.807) is 11.3 Å². The monoisotopic (exact) mass is 452 g/mol. The molecule has 7 heteroatoms. The summed E-state index contributed by atoms with van der Waals surface area (Å²) in [6.45, 7) is 4.82. The van der Waals surface area contributed by atoms with Crippen molar-refractivity contribution in [1.29, 1.82) is 0 Å². The number of aromatic nitrogens is 1. The fraction of sp³-hybridized carbons (Fsp3) is 0.333. The topological polar surface area (TPSA) is 37.2 Å². The van der Waals surface area contributed by atoms with Crippen LogP contribution in [0, 0.1) is 4.51 Å². The second-order valence-corrected chi connectivity index (χ2v) is 8.42. The van der Waals surface area contributed by atoms with Crippen molar-refractivity contribution in [3.63, 3.8) is 0 Å². The summed E-state index contributed by atoms with van der Waals surface area (Å²) in [5.74, 6) is 0. The Balaban J connectivity index is 0.00000136. The van der Waals surface area contributed by atoms with Gasteiger partial charge in [-0.1, -0.05) is 62.0 Å². The molecule has 0 amide bonds. The first kappa shape index (κ1) is 23.0. The number of aryl methyl sites for hydroxylation is 2. The molecule has 3 nitrogen and oxygen atoms in total. The maximum absolute atomic E-state index is 9.04. The van der Waals surface area contributed by atoms with E-state index in [0.29, 0.717) is 11.5 Å². The molecule has 0 unspecified atom stereocenters. The number of hydrogen-bond acceptors (Lipinski definition) is 4. The lowest BCUT2D eigenvalue weighted by Gasteiger charge is -2.11. The van der Waals surface area contributed by atoms with Crippen molar-refractivity contribution in [2.75, 3.05) is 6.61 Å². The van der Waals surface area contributed by atoms with Crippen LogP contribution in [0.4, 0.5) is 0 Å². The van der Waals surface area contributed by atoms with Gasteiger partial charge in [-0.2, -0.15) is 0 Å². The SMILES string of the molecule is CC.Cn1cc(C(=S)NCc2ccc(Cl)cc2)c(=S)c2cc(CCCO)sc21. The second kappa shape index (κ2) is 11.0. The molecule has 0 bridgehead atoms. The summed E-state index contributed by atoms with van der Waals surface area (Å²) in [6.07, 6.45) is 3.62. The number of nitrogens with one attached hydrogen (secondary N) is 1. The minimum Gasteiger partial charge on any atom is -0.396 e. The van der Waals surface area contributed by atoms with Gasteiger partial charge in [0, 0.05) is 47.2 Å². The van der Waals surface area contributed by atoms with Crippen LogP contribution in [0.3, 0.4) is 0 Å². The van der Waals surface area contributed by atoms with Crippen LogP contribution in [-0.2, 0) is 20.0 Å². The van der Waals surface area contributed by atoms with E-state index in [9.17, 15) is 0 Å². The molecule has 150 valence electrons. The zero-order valence-electron chi connectivity index (χ0n) is 16.3. The Kier molecular flexibility index (Phi) is 9.05. The average Bonchev–Trinajstić information content (AvgIpc) is 3.15. The summed E-state index contributed by atoms with van der Waals surface area (Å²) in [5, 5.41) is 14.1. The molecule has 0 saturated carbocycles. The molecule has 0 atom stereocenters. The van der Waals surface area contributed by atoms with Gasteiger partial charge >= 0.3 is 0 Å². The summed E-state index contributed by atoms with van der Waals surface area (Å²) in [6, 6.07) is 9.81. The van der Waals surface area contributed by atoms with Crippen molar-refractivity contribution >= 4 is 62.6 Å². The molecule has 0 spiro atoms. The molecule has 2 aromatic heterocycles. The number of rotatable bonds is 6. The highest BCUT2D eigenvalue weighted by Gasteiger charge is 2.12. The van der Waals surface area contributed by atoms with Gasteiger partial charge < -0.3 is 15.0 Å². The Morgan fingerprint density at radius 3 is 2.57 bits per heavy atom. The van der Waals surface area contributed by atoms with Gasteiger partial charge in [0.2, 0.25) is 0 Å². The summed E-state index contributed by atoms with van der Waals surface area (Å²) >= 11 is 18.9. The molecule has 0 aliphatic carbocycles. The molecule has 0 radical (unpaired) electrons. The number of benzene rings is 1. The Labute approximate surface area is 186 Å². The smallest absolute Gasteiger partial charge is 0.109 e. The van der Waals surface area contributed by atoms with Gasteiger partial charge in [-0.05, 0) is 36.6 Å². The summed E-state index contributed by atoms with van der Waals surface area (Å²) in [7, 11) is 2.01. The summed E-state index contributed by atoms with van der Waals surface area (Å²) in [5.41, 5.74) is 1.97. The molecule has 0 saturated heterocycles. The predicted octanol–water partition coefficient (Wildman–Crippen LogP) is 6.04. The Hall–Kier alpha value is -1.31. The van der Waals surface area contributed by atoms with Crippen molar-refractivity contribution in [1.82, 2.24) is 9.88 Å². The van der Waals surface area contributed by atoms with Crippen molar-refractivity contribution in [3.05, 3.63) is 62.1 Å². The third-order valence-electron chi connectivity index (χ3n) is 4.09. The van der Waals surface area contributed by atoms with Gasteiger partial charge in [0.15, 0.2) is 0 Å². The Morgan fingerprint density at radius 2 is 1.93 bits per heavy atom. The van der Waals surface area contributed by atoms with E-state index in [-0.39, 0.29) is 6.61 Å². The predicted molar refractivity (Wildman–Crippen MR) is 128 cm³/mol. The molecule has 0 fully saturated rings. The zero-order chi connectivity index (χ0) is 20.7. The number of thiophene rings is 1. The first-order chi connectivity index (χ1) is 13.5. The molecule has 3 aromatic rings. The minimum atomic E-state index is 0.199. The van der Waals surface area contributed by atoms with Crippen LogP contribution in [0.1, 0.15) is 36.3 Å². The van der Waals surface area contributed by atoms with E-state index in [1.165, 1.54) is 4.88 Å². The van der Waals surface area contributed by atoms with E-state index < -0.39 is 0 Å². The van der Waals surface area contributed by atoms with Crippen LogP contribution in [0.15, 0.2) is 36.5 Å². The van der Waals surface area contributed by atoms with Crippen LogP contribution in [0.5, 0.6) is 0 Å². The van der Waals surface area contributed by atoms with Gasteiger partial charge in [-0.15, -0.1) is 11.3 Å². The molecule has 1 aromatic carbocycles. The van der Waals surface area contributed by atoms with Crippen molar-refractivity contribution in [2.24, 2.45) is 7.05 Å². The molecule has 2 heterocycles. The van der Waals surface area contributed by atoms with Crippen LogP contribution in [-0.4, -0.2) is 21.3 Å². The number of fused-ring (bicyclic) bond motifs is 1. The number of aliphatic hydroxyl groups is 1. The molecule has 3 rings (SSSR count). The second-order valence-electron chi connectivity index (χ2n) is 6.05. The third kappa shape index (κ3) is 5.61. The first-order valence-electron chi connectivity index (χ1n) is 9.25. The summed E-state index contributed by atoms with van der Waals surface area (Å²) in [4.78, 5) is 3.01. The number of halogens is 1. The standard InChI is InChI=1S/C19H19ClN2OS3.C2H6/c1-22-11-16(18(25)21-10-12-4-6-13(20)7-5-12)17(24)15-9-14(3-2-8-23)26-19(15)22;1-2/h4-7,9,11,23H,2-3,8,10H2,1H3,(H,21,25);1-2H3. The lowest BCUT2D eigenvalue weighted by Crippen LogP contribution is -2.22. The molecule has 28 heavy (non-hydrogen) atoms. The normalized spacial score (nSPS) is 10.5. The molecule has 0 aliphatic rings. The number of nitrogens with zero attached hydrogens (tertiary/aromatic N) is 1. The maximum Gasteiger partial charge on any atom is 0.109 e. The Morgan fingerprint density at radius 1 is 1.25 bits per heavy atom. The fourth-order valence-corrected chi connectivity index (χ4v) is 4.66. The lowest BCUT2D eigenvalue weighted by molar-refractivity contribution is 0.289. The number of aliphatic hydroxyl groups excluding tert-OH is 1. The van der Waals surface area contributed by atoms with Gasteiger partial charge in [0.25, 0.3) is 0 Å². The quantitative estimate of drug-likeness (QED) is 0.447. The number of pyridine rings is 1. The summed E-state index contributed by atoms with van der Waals surface area (Å²) < 4.78 is 2.85. The first-order valence-corrected chi connectivity index (χ1v) is 11.3. The van der Waals surface area contributed by atoms with Gasteiger partial charge in [0.05, 0.1) is 4.51 Å². The van der Waals surface area contributed by atoms with Crippen LogP contribution in [0.25, 0.3) is 10.2 Å². The van der Waals surface area contributed by atoms with E-state index in [0.717, 1.165) is 43.7 Å². The van der Waals surface area contributed by atoms with Crippen molar-refractivity contribution in [2.45, 2.75) is 33.2 Å². The van der Waals surface area contributed by atoms with Gasteiger partial charge in [-0.3, -0.25) is 0 Å². The largest absolute Gasteiger partial charge is 0.396 e. The molecule has 2 N–H and O–H groups in total. The Bertz CT molecular complexity index is 993. The van der Waals surface area contributed by atoms with Gasteiger partial charge in [-0.25, -0.2) is 0 Å². The van der Waals surface area contributed by atoms with E-state index in [4.69, 9.17) is 41.1 Å². The number of thiocarbonyl (C=S) groups is 1. The van der Waals surface area contributed by atoms with Crippen molar-refractivity contribution in [3.8, 4) is 0 Å². The third-order valence-corrected chi connectivity index (χ3v) is 6.43. The van der Waals surface area contributed by atoms with Crippen LogP contribution < -0.4 is 5.32 Å². The molecular formula is C21H25ClN2OS3. The molecular weight excluding hydrogens is 428 g/mol. The van der Waals surface area contributed by atoms with Crippen LogP contribution >= 0.6 is 47.4 Å². The van der Waals surface area contributed by atoms with Gasteiger partial charge in [0.1, 0.15) is 9.82 Å². The fourth-order valence-electron chi connectivity index (χ4n) is 2.73. The van der Waals surface area contributed by atoms with Crippen LogP contribution in [0.2, 0.25) is 5.02 Å². The number of hydrogen-bond donors (Lipinski definition) is 2.